The van der Waals surface area contributed by atoms with E-state index in [1.807, 2.05) is 0 Å². The molecule has 0 aliphatic rings. The minimum Gasteiger partial charge on any atom is -0.324 e. The molecule has 0 aliphatic heterocycles. The van der Waals surface area contributed by atoms with Crippen LogP contribution in [0.4, 0.5) is 28.9 Å². The summed E-state index contributed by atoms with van der Waals surface area (Å²) in [6.45, 7) is 0. The van der Waals surface area contributed by atoms with Crippen molar-refractivity contribution in [1.29, 1.82) is 0 Å². The molecule has 0 atom stereocenters. The van der Waals surface area contributed by atoms with Gasteiger partial charge in [0.1, 0.15) is 23.3 Å². The molecule has 0 aliphatic carbocycles. The maximum atomic E-state index is 13.4. The summed E-state index contributed by atoms with van der Waals surface area (Å²) in [5.41, 5.74) is -0.433. The fourth-order valence-electron chi connectivity index (χ4n) is 1.83. The highest BCUT2D eigenvalue weighted by atomic mass is 19.1. The standard InChI is InChI=1S/C16H12F4N2O2/c17-9-1-3-13(11(19)7-9)21-15(23)5-6-16(24)22-14-4-2-10(18)8-12(14)20/h1-4,7-8H,5-6H2,(H,21,23)(H,22,24). The minimum atomic E-state index is -0.943. The van der Waals surface area contributed by atoms with Crippen LogP contribution in [0.25, 0.3) is 0 Å². The van der Waals surface area contributed by atoms with Gasteiger partial charge in [0.2, 0.25) is 11.8 Å². The van der Waals surface area contributed by atoms with Crippen LogP contribution in [0.3, 0.4) is 0 Å². The third kappa shape index (κ3) is 4.80. The first-order valence-electron chi connectivity index (χ1n) is 6.85. The van der Waals surface area contributed by atoms with Gasteiger partial charge >= 0.3 is 0 Å². The molecular formula is C16H12F4N2O2. The molecule has 0 saturated carbocycles. The lowest BCUT2D eigenvalue weighted by molar-refractivity contribution is -0.121. The molecule has 0 bridgehead atoms. The Hall–Kier alpha value is -2.90. The van der Waals surface area contributed by atoms with Crippen LogP contribution in [0.2, 0.25) is 0 Å². The van der Waals surface area contributed by atoms with Crippen molar-refractivity contribution in [2.45, 2.75) is 12.8 Å². The first-order valence-corrected chi connectivity index (χ1v) is 6.85. The van der Waals surface area contributed by atoms with Crippen molar-refractivity contribution < 1.29 is 27.2 Å². The average Bonchev–Trinajstić information content (AvgIpc) is 2.51. The van der Waals surface area contributed by atoms with Gasteiger partial charge in [0.05, 0.1) is 11.4 Å². The maximum Gasteiger partial charge on any atom is 0.224 e. The molecule has 2 N–H and O–H groups in total. The van der Waals surface area contributed by atoms with Crippen LogP contribution in [0.5, 0.6) is 0 Å². The number of nitrogens with one attached hydrogen (secondary N) is 2. The number of hydrogen-bond acceptors (Lipinski definition) is 2. The number of carbonyl (C=O) groups is 2. The highest BCUT2D eigenvalue weighted by molar-refractivity contribution is 5.96. The molecule has 8 heteroatoms. The van der Waals surface area contributed by atoms with Crippen molar-refractivity contribution in [2.24, 2.45) is 0 Å². The number of rotatable bonds is 5. The molecule has 0 heterocycles. The minimum absolute atomic E-state index is 0.216. The van der Waals surface area contributed by atoms with Gasteiger partial charge in [-0.05, 0) is 24.3 Å². The quantitative estimate of drug-likeness (QED) is 0.817. The topological polar surface area (TPSA) is 58.2 Å². The monoisotopic (exact) mass is 340 g/mol. The molecular weight excluding hydrogens is 328 g/mol. The van der Waals surface area contributed by atoms with Crippen LogP contribution >= 0.6 is 0 Å². The molecule has 0 unspecified atom stereocenters. The van der Waals surface area contributed by atoms with Gasteiger partial charge in [-0.2, -0.15) is 0 Å². The Morgan fingerprint density at radius 3 is 1.42 bits per heavy atom. The summed E-state index contributed by atoms with van der Waals surface area (Å²) in [6, 6.07) is 5.28. The summed E-state index contributed by atoms with van der Waals surface area (Å²) >= 11 is 0. The Bertz CT molecular complexity index is 715. The van der Waals surface area contributed by atoms with E-state index < -0.39 is 35.1 Å². The Morgan fingerprint density at radius 2 is 1.08 bits per heavy atom. The zero-order valence-corrected chi connectivity index (χ0v) is 12.2. The highest BCUT2D eigenvalue weighted by Gasteiger charge is 2.12. The lowest BCUT2D eigenvalue weighted by atomic mass is 10.2. The fraction of sp³-hybridized carbons (Fsp3) is 0.125. The molecule has 2 amide bonds. The van der Waals surface area contributed by atoms with Gasteiger partial charge in [-0.15, -0.1) is 0 Å². The van der Waals surface area contributed by atoms with E-state index >= 15 is 0 Å². The summed E-state index contributed by atoms with van der Waals surface area (Å²) in [5, 5.41) is 4.38. The lowest BCUT2D eigenvalue weighted by Crippen LogP contribution is -2.18. The highest BCUT2D eigenvalue weighted by Crippen LogP contribution is 2.17. The van der Waals surface area contributed by atoms with E-state index in [1.165, 1.54) is 0 Å². The largest absolute Gasteiger partial charge is 0.324 e. The predicted octanol–water partition coefficient (Wildman–Crippen LogP) is 3.60. The zero-order valence-electron chi connectivity index (χ0n) is 12.2. The van der Waals surface area contributed by atoms with Gasteiger partial charge < -0.3 is 10.6 Å². The van der Waals surface area contributed by atoms with E-state index in [1.54, 1.807) is 0 Å². The van der Waals surface area contributed by atoms with E-state index in [9.17, 15) is 27.2 Å². The average molecular weight is 340 g/mol. The van der Waals surface area contributed by atoms with Crippen LogP contribution in [-0.2, 0) is 9.59 Å². The van der Waals surface area contributed by atoms with E-state index in [0.29, 0.717) is 12.1 Å². The molecule has 2 rings (SSSR count). The van der Waals surface area contributed by atoms with E-state index in [0.717, 1.165) is 24.3 Å². The molecule has 0 aromatic heterocycles. The second-order valence-electron chi connectivity index (χ2n) is 4.84. The first-order chi connectivity index (χ1) is 11.3. The second-order valence-corrected chi connectivity index (χ2v) is 4.84. The van der Waals surface area contributed by atoms with Crippen molar-refractivity contribution in [3.05, 3.63) is 59.7 Å². The van der Waals surface area contributed by atoms with Gasteiger partial charge in [-0.25, -0.2) is 17.6 Å². The lowest BCUT2D eigenvalue weighted by Gasteiger charge is -2.08. The molecule has 0 spiro atoms. The molecule has 24 heavy (non-hydrogen) atoms. The van der Waals surface area contributed by atoms with Gasteiger partial charge in [-0.3, -0.25) is 9.59 Å². The molecule has 0 radical (unpaired) electrons. The predicted molar refractivity (Wildman–Crippen MR) is 79.2 cm³/mol. The molecule has 4 nitrogen and oxygen atoms in total. The fourth-order valence-corrected chi connectivity index (χ4v) is 1.83. The Labute approximate surface area is 134 Å². The number of halogens is 4. The molecule has 2 aromatic carbocycles. The van der Waals surface area contributed by atoms with E-state index in [4.69, 9.17) is 0 Å². The van der Waals surface area contributed by atoms with Gasteiger partial charge in [0, 0.05) is 25.0 Å². The summed E-state index contributed by atoms with van der Waals surface area (Å²) in [6.07, 6.45) is -0.600. The van der Waals surface area contributed by atoms with Crippen LogP contribution in [0.1, 0.15) is 12.8 Å². The summed E-state index contributed by atoms with van der Waals surface area (Å²) in [5.74, 6) is -4.80. The van der Waals surface area contributed by atoms with Crippen molar-refractivity contribution >= 4 is 23.2 Å². The van der Waals surface area contributed by atoms with Crippen LogP contribution in [-0.4, -0.2) is 11.8 Å². The zero-order chi connectivity index (χ0) is 17.7. The van der Waals surface area contributed by atoms with Crippen molar-refractivity contribution in [1.82, 2.24) is 0 Å². The Balaban J connectivity index is 1.85. The Kier molecular flexibility index (Phi) is 5.51. The molecule has 0 saturated heterocycles. The first kappa shape index (κ1) is 17.5. The van der Waals surface area contributed by atoms with E-state index in [2.05, 4.69) is 10.6 Å². The van der Waals surface area contributed by atoms with Crippen LogP contribution in [0.15, 0.2) is 36.4 Å². The molecule has 2 aromatic rings. The van der Waals surface area contributed by atoms with Crippen LogP contribution in [0, 0.1) is 23.3 Å². The van der Waals surface area contributed by atoms with Gasteiger partial charge in [0.15, 0.2) is 0 Å². The summed E-state index contributed by atoms with van der Waals surface area (Å²) in [7, 11) is 0. The normalized spacial score (nSPS) is 10.3. The number of anilines is 2. The van der Waals surface area contributed by atoms with Crippen molar-refractivity contribution in [3.8, 4) is 0 Å². The SMILES string of the molecule is O=C(CCC(=O)Nc1ccc(F)cc1F)Nc1ccc(F)cc1F. The Morgan fingerprint density at radius 1 is 0.708 bits per heavy atom. The summed E-state index contributed by atoms with van der Waals surface area (Å²) in [4.78, 5) is 23.3. The van der Waals surface area contributed by atoms with E-state index in [-0.39, 0.29) is 24.2 Å². The van der Waals surface area contributed by atoms with Crippen molar-refractivity contribution in [2.75, 3.05) is 10.6 Å². The maximum absolute atomic E-state index is 13.4. The number of benzene rings is 2. The van der Waals surface area contributed by atoms with Gasteiger partial charge in [0.25, 0.3) is 0 Å². The number of hydrogen-bond donors (Lipinski definition) is 2. The third-order valence-corrected chi connectivity index (χ3v) is 2.99. The summed E-state index contributed by atoms with van der Waals surface area (Å²) < 4.78 is 52.2. The third-order valence-electron chi connectivity index (χ3n) is 2.99. The number of amides is 2. The van der Waals surface area contributed by atoms with Crippen molar-refractivity contribution in [3.63, 3.8) is 0 Å². The smallest absolute Gasteiger partial charge is 0.224 e. The molecule has 126 valence electrons. The second kappa shape index (κ2) is 7.58. The van der Waals surface area contributed by atoms with Gasteiger partial charge in [-0.1, -0.05) is 0 Å². The molecule has 0 fully saturated rings. The van der Waals surface area contributed by atoms with Crippen LogP contribution < -0.4 is 10.6 Å². The number of carbonyl (C=O) groups excluding carboxylic acids is 2.